The molecule has 3 aromatic rings. The van der Waals surface area contributed by atoms with Crippen LogP contribution in [-0.4, -0.2) is 36.8 Å². The summed E-state index contributed by atoms with van der Waals surface area (Å²) in [5.74, 6) is 0.738. The highest BCUT2D eigenvalue weighted by atomic mass is 32.2. The molecule has 0 aromatic carbocycles. The summed E-state index contributed by atoms with van der Waals surface area (Å²) in [6, 6.07) is 1.75. The molecule has 0 aliphatic heterocycles. The molecule has 118 valence electrons. The molecule has 23 heavy (non-hydrogen) atoms. The van der Waals surface area contributed by atoms with Gasteiger partial charge in [-0.15, -0.1) is 21.5 Å². The number of thioether (sulfide) groups is 1. The van der Waals surface area contributed by atoms with E-state index in [0.717, 1.165) is 10.7 Å². The van der Waals surface area contributed by atoms with Gasteiger partial charge >= 0.3 is 0 Å². The summed E-state index contributed by atoms with van der Waals surface area (Å²) in [5.41, 5.74) is 6.26. The van der Waals surface area contributed by atoms with E-state index in [1.807, 2.05) is 5.38 Å². The van der Waals surface area contributed by atoms with E-state index in [0.29, 0.717) is 21.8 Å². The van der Waals surface area contributed by atoms with Crippen LogP contribution in [0, 0.1) is 0 Å². The highest BCUT2D eigenvalue weighted by molar-refractivity contribution is 8.01. The number of thiazole rings is 1. The molecule has 0 spiro atoms. The van der Waals surface area contributed by atoms with Crippen molar-refractivity contribution < 1.29 is 4.79 Å². The fourth-order valence-electron chi connectivity index (χ4n) is 1.55. The van der Waals surface area contributed by atoms with Gasteiger partial charge in [0.1, 0.15) is 0 Å². The Morgan fingerprint density at radius 2 is 2.13 bits per heavy atom. The lowest BCUT2D eigenvalue weighted by atomic mass is 10.4. The van der Waals surface area contributed by atoms with Crippen molar-refractivity contribution in [2.45, 2.75) is 10.9 Å². The van der Waals surface area contributed by atoms with Crippen molar-refractivity contribution in [3.63, 3.8) is 0 Å². The molecule has 0 saturated heterocycles. The van der Waals surface area contributed by atoms with Gasteiger partial charge in [-0.3, -0.25) is 4.79 Å². The lowest BCUT2D eigenvalue weighted by molar-refractivity contribution is -0.118. The fourth-order valence-corrected chi connectivity index (χ4v) is 3.78. The molecule has 1 amide bonds. The molecule has 0 aliphatic rings. The Hall–Kier alpha value is -2.11. The first-order chi connectivity index (χ1) is 11.2. The number of carbonyl (C=O) groups is 1. The van der Waals surface area contributed by atoms with E-state index in [-0.39, 0.29) is 11.7 Å². The Bertz CT molecular complexity index is 789. The Balaban J connectivity index is 1.48. The number of anilines is 1. The molecule has 3 N–H and O–H groups in total. The SMILES string of the molecule is Nc1nnc(SCC(=O)NCc2csc(-c3ncccn3)n2)s1. The standard InChI is InChI=1S/C12H11N7OS3/c13-11-18-19-12(23-11)22-6-8(20)16-4-7-5-21-10(17-7)9-14-2-1-3-15-9/h1-3,5H,4,6H2,(H2,13,18)(H,16,20). The van der Waals surface area contributed by atoms with E-state index < -0.39 is 0 Å². The quantitative estimate of drug-likeness (QED) is 0.630. The van der Waals surface area contributed by atoms with Crippen LogP contribution in [0.25, 0.3) is 10.8 Å². The summed E-state index contributed by atoms with van der Waals surface area (Å²) in [5, 5.41) is 13.4. The monoisotopic (exact) mass is 365 g/mol. The Morgan fingerprint density at radius 1 is 1.30 bits per heavy atom. The minimum atomic E-state index is -0.103. The van der Waals surface area contributed by atoms with E-state index in [1.165, 1.54) is 34.4 Å². The zero-order valence-corrected chi connectivity index (χ0v) is 14.1. The number of amides is 1. The van der Waals surface area contributed by atoms with Crippen LogP contribution in [0.5, 0.6) is 0 Å². The minimum Gasteiger partial charge on any atom is -0.374 e. The molecule has 0 saturated carbocycles. The van der Waals surface area contributed by atoms with Crippen LogP contribution in [0.15, 0.2) is 28.2 Å². The molecule has 8 nitrogen and oxygen atoms in total. The van der Waals surface area contributed by atoms with E-state index in [9.17, 15) is 4.79 Å². The van der Waals surface area contributed by atoms with Crippen molar-refractivity contribution >= 4 is 45.5 Å². The summed E-state index contributed by atoms with van der Waals surface area (Å²) in [4.78, 5) is 24.5. The summed E-state index contributed by atoms with van der Waals surface area (Å²) >= 11 is 4.00. The van der Waals surface area contributed by atoms with E-state index in [1.54, 1.807) is 18.5 Å². The number of aromatic nitrogens is 5. The van der Waals surface area contributed by atoms with E-state index >= 15 is 0 Å². The zero-order chi connectivity index (χ0) is 16.1. The number of carbonyl (C=O) groups excluding carboxylic acids is 1. The van der Waals surface area contributed by atoms with Gasteiger partial charge in [0.2, 0.25) is 11.0 Å². The van der Waals surface area contributed by atoms with Crippen LogP contribution < -0.4 is 11.1 Å². The number of nitrogens with two attached hydrogens (primary N) is 1. The predicted molar refractivity (Wildman–Crippen MR) is 90.0 cm³/mol. The first-order valence-corrected chi connectivity index (χ1v) is 9.09. The van der Waals surface area contributed by atoms with Crippen molar-refractivity contribution in [3.05, 3.63) is 29.5 Å². The maximum atomic E-state index is 11.8. The molecular formula is C12H11N7OS3. The highest BCUT2D eigenvalue weighted by Gasteiger charge is 2.09. The molecule has 0 aliphatic carbocycles. The molecule has 11 heteroatoms. The molecule has 0 bridgehead atoms. The average Bonchev–Trinajstić information content (AvgIpc) is 3.21. The van der Waals surface area contributed by atoms with Crippen molar-refractivity contribution in [3.8, 4) is 10.8 Å². The molecule has 3 rings (SSSR count). The first-order valence-electron chi connectivity index (χ1n) is 6.41. The lowest BCUT2D eigenvalue weighted by Gasteiger charge is -2.01. The lowest BCUT2D eigenvalue weighted by Crippen LogP contribution is -2.24. The number of hydrogen-bond donors (Lipinski definition) is 2. The second kappa shape index (κ2) is 7.44. The Kier molecular flexibility index (Phi) is 5.10. The number of nitrogen functional groups attached to an aromatic ring is 1. The smallest absolute Gasteiger partial charge is 0.230 e. The molecule has 0 unspecified atom stereocenters. The third kappa shape index (κ3) is 4.43. The number of hydrogen-bond acceptors (Lipinski definition) is 10. The van der Waals surface area contributed by atoms with Crippen LogP contribution in [0.4, 0.5) is 5.13 Å². The van der Waals surface area contributed by atoms with Crippen LogP contribution in [0.1, 0.15) is 5.69 Å². The summed E-state index contributed by atoms with van der Waals surface area (Å²) in [6.45, 7) is 0.362. The summed E-state index contributed by atoms with van der Waals surface area (Å²) < 4.78 is 0.676. The number of nitrogens with zero attached hydrogens (tertiary/aromatic N) is 5. The van der Waals surface area contributed by atoms with Crippen LogP contribution in [-0.2, 0) is 11.3 Å². The molecule has 0 fully saturated rings. The Labute approximate surface area is 143 Å². The second-order valence-corrected chi connectivity index (χ2v) is 7.28. The van der Waals surface area contributed by atoms with Crippen molar-refractivity contribution in [1.82, 2.24) is 30.5 Å². The maximum Gasteiger partial charge on any atom is 0.230 e. The minimum absolute atomic E-state index is 0.103. The van der Waals surface area contributed by atoms with Crippen LogP contribution in [0.3, 0.4) is 0 Å². The highest BCUT2D eigenvalue weighted by Crippen LogP contribution is 2.23. The maximum absolute atomic E-state index is 11.8. The average molecular weight is 365 g/mol. The van der Waals surface area contributed by atoms with Gasteiger partial charge in [-0.1, -0.05) is 23.1 Å². The van der Waals surface area contributed by atoms with Crippen LogP contribution >= 0.6 is 34.4 Å². The van der Waals surface area contributed by atoms with Crippen molar-refractivity contribution in [2.75, 3.05) is 11.5 Å². The van der Waals surface area contributed by atoms with Gasteiger partial charge in [-0.05, 0) is 6.07 Å². The van der Waals surface area contributed by atoms with Crippen molar-refractivity contribution in [2.24, 2.45) is 0 Å². The summed E-state index contributed by atoms with van der Waals surface area (Å²) in [7, 11) is 0. The van der Waals surface area contributed by atoms with Gasteiger partial charge in [-0.25, -0.2) is 15.0 Å². The zero-order valence-electron chi connectivity index (χ0n) is 11.7. The number of rotatable bonds is 6. The van der Waals surface area contributed by atoms with E-state index in [4.69, 9.17) is 5.73 Å². The molecular weight excluding hydrogens is 354 g/mol. The largest absolute Gasteiger partial charge is 0.374 e. The second-order valence-electron chi connectivity index (χ2n) is 4.19. The Morgan fingerprint density at radius 3 is 2.87 bits per heavy atom. The molecule has 3 aromatic heterocycles. The molecule has 3 heterocycles. The third-order valence-corrected chi connectivity index (χ3v) is 5.30. The predicted octanol–water partition coefficient (Wildman–Crippen LogP) is 1.44. The number of nitrogens with one attached hydrogen (secondary N) is 1. The first kappa shape index (κ1) is 15.8. The van der Waals surface area contributed by atoms with Gasteiger partial charge in [0, 0.05) is 17.8 Å². The van der Waals surface area contributed by atoms with Gasteiger partial charge in [0.25, 0.3) is 0 Å². The van der Waals surface area contributed by atoms with Gasteiger partial charge in [0.05, 0.1) is 18.0 Å². The normalized spacial score (nSPS) is 10.6. The summed E-state index contributed by atoms with van der Waals surface area (Å²) in [6.07, 6.45) is 3.34. The van der Waals surface area contributed by atoms with Crippen LogP contribution in [0.2, 0.25) is 0 Å². The van der Waals surface area contributed by atoms with Gasteiger partial charge in [0.15, 0.2) is 15.2 Å². The van der Waals surface area contributed by atoms with E-state index in [2.05, 4.69) is 30.5 Å². The van der Waals surface area contributed by atoms with Gasteiger partial charge < -0.3 is 11.1 Å². The topological polar surface area (TPSA) is 120 Å². The third-order valence-electron chi connectivity index (χ3n) is 2.52. The van der Waals surface area contributed by atoms with Gasteiger partial charge in [-0.2, -0.15) is 0 Å². The fraction of sp³-hybridized carbons (Fsp3) is 0.167. The molecule has 0 atom stereocenters. The van der Waals surface area contributed by atoms with Crippen molar-refractivity contribution in [1.29, 1.82) is 0 Å². The molecule has 0 radical (unpaired) electrons.